The fraction of sp³-hybridized carbons (Fsp3) is 0.938. The molecule has 2 fully saturated rings. The number of ether oxygens (including phenoxy) is 1. The summed E-state index contributed by atoms with van der Waals surface area (Å²) < 4.78 is 5.47. The van der Waals surface area contributed by atoms with E-state index >= 15 is 0 Å². The van der Waals surface area contributed by atoms with Gasteiger partial charge in [0.25, 0.3) is 0 Å². The Hall–Kier alpha value is -0.530. The first kappa shape index (κ1) is 13.9. The molecule has 2 rings (SSSR count). The molecule has 0 aliphatic heterocycles. The van der Waals surface area contributed by atoms with E-state index in [1.807, 2.05) is 0 Å². The number of rotatable bonds is 4. The maximum absolute atomic E-state index is 11.8. The van der Waals surface area contributed by atoms with Crippen molar-refractivity contribution in [2.45, 2.75) is 71.1 Å². The second kappa shape index (κ2) is 7.16. The Kier molecular flexibility index (Phi) is 5.52. The summed E-state index contributed by atoms with van der Waals surface area (Å²) in [5.41, 5.74) is 0. The zero-order valence-corrected chi connectivity index (χ0v) is 11.8. The van der Waals surface area contributed by atoms with Gasteiger partial charge in [-0.1, -0.05) is 39.0 Å². The van der Waals surface area contributed by atoms with E-state index < -0.39 is 0 Å². The summed E-state index contributed by atoms with van der Waals surface area (Å²) in [7, 11) is 0. The van der Waals surface area contributed by atoms with Crippen LogP contribution in [-0.4, -0.2) is 12.6 Å². The summed E-state index contributed by atoms with van der Waals surface area (Å²) in [6, 6.07) is 0. The summed E-state index contributed by atoms with van der Waals surface area (Å²) in [6.07, 6.45) is 12.2. The smallest absolute Gasteiger partial charge is 0.306 e. The average molecular weight is 252 g/mol. The summed E-state index contributed by atoms with van der Waals surface area (Å²) in [5, 5.41) is 0. The molecule has 2 aliphatic rings. The summed E-state index contributed by atoms with van der Waals surface area (Å²) in [5.74, 6) is 2.16. The number of hydrogen-bond donors (Lipinski definition) is 0. The lowest BCUT2D eigenvalue weighted by molar-refractivity contribution is -0.146. The van der Waals surface area contributed by atoms with E-state index in [1.54, 1.807) is 0 Å². The normalized spacial score (nSPS) is 30.1. The van der Waals surface area contributed by atoms with Crippen LogP contribution in [0.2, 0.25) is 0 Å². The molecule has 0 spiro atoms. The van der Waals surface area contributed by atoms with Gasteiger partial charge in [0, 0.05) is 6.42 Å². The van der Waals surface area contributed by atoms with E-state index in [1.165, 1.54) is 57.8 Å². The predicted octanol–water partition coefficient (Wildman–Crippen LogP) is 4.33. The van der Waals surface area contributed by atoms with Crippen molar-refractivity contribution >= 4 is 5.97 Å². The number of hydrogen-bond acceptors (Lipinski definition) is 2. The van der Waals surface area contributed by atoms with Gasteiger partial charge < -0.3 is 4.74 Å². The van der Waals surface area contributed by atoms with Crippen molar-refractivity contribution in [2.24, 2.45) is 17.8 Å². The molecule has 18 heavy (non-hydrogen) atoms. The van der Waals surface area contributed by atoms with Crippen molar-refractivity contribution in [3.8, 4) is 0 Å². The van der Waals surface area contributed by atoms with Crippen LogP contribution in [0.15, 0.2) is 0 Å². The van der Waals surface area contributed by atoms with Gasteiger partial charge >= 0.3 is 5.97 Å². The third-order valence-electron chi connectivity index (χ3n) is 4.80. The van der Waals surface area contributed by atoms with Crippen molar-refractivity contribution in [2.75, 3.05) is 6.61 Å². The van der Waals surface area contributed by atoms with Gasteiger partial charge in [0.15, 0.2) is 0 Å². The molecular weight excluding hydrogens is 224 g/mol. The van der Waals surface area contributed by atoms with E-state index in [0.29, 0.717) is 24.9 Å². The van der Waals surface area contributed by atoms with Crippen LogP contribution in [0, 0.1) is 17.8 Å². The lowest BCUT2D eigenvalue weighted by Crippen LogP contribution is -2.20. The predicted molar refractivity (Wildman–Crippen MR) is 73.3 cm³/mol. The Bertz CT molecular complexity index is 248. The molecule has 0 aromatic heterocycles. The van der Waals surface area contributed by atoms with Crippen LogP contribution >= 0.6 is 0 Å². The Morgan fingerprint density at radius 2 is 1.61 bits per heavy atom. The highest BCUT2D eigenvalue weighted by molar-refractivity contribution is 5.69. The SMILES string of the molecule is CC1CCC(CC(=O)OCC2CCCCC2)CC1. The monoisotopic (exact) mass is 252 g/mol. The third kappa shape index (κ3) is 4.62. The second-order valence-corrected chi connectivity index (χ2v) is 6.52. The highest BCUT2D eigenvalue weighted by Crippen LogP contribution is 2.30. The molecule has 0 radical (unpaired) electrons. The van der Waals surface area contributed by atoms with E-state index in [-0.39, 0.29) is 5.97 Å². The molecule has 0 unspecified atom stereocenters. The maximum atomic E-state index is 11.8. The molecule has 0 bridgehead atoms. The Balaban J connectivity index is 1.59. The molecule has 0 saturated heterocycles. The van der Waals surface area contributed by atoms with Crippen LogP contribution in [0.5, 0.6) is 0 Å². The third-order valence-corrected chi connectivity index (χ3v) is 4.80. The van der Waals surface area contributed by atoms with Gasteiger partial charge in [-0.3, -0.25) is 4.79 Å². The lowest BCUT2D eigenvalue weighted by atomic mass is 9.81. The van der Waals surface area contributed by atoms with Crippen LogP contribution in [0.1, 0.15) is 71.1 Å². The fourth-order valence-electron chi connectivity index (χ4n) is 3.39. The molecule has 0 N–H and O–H groups in total. The molecule has 0 atom stereocenters. The van der Waals surface area contributed by atoms with Gasteiger partial charge in [0.1, 0.15) is 0 Å². The van der Waals surface area contributed by atoms with Crippen LogP contribution in [0.25, 0.3) is 0 Å². The van der Waals surface area contributed by atoms with Gasteiger partial charge in [-0.05, 0) is 43.4 Å². The highest BCUT2D eigenvalue weighted by Gasteiger charge is 2.22. The molecule has 2 heteroatoms. The first-order chi connectivity index (χ1) is 8.74. The molecule has 104 valence electrons. The minimum Gasteiger partial charge on any atom is -0.465 e. The Labute approximate surface area is 111 Å². The van der Waals surface area contributed by atoms with Crippen molar-refractivity contribution in [1.29, 1.82) is 0 Å². The van der Waals surface area contributed by atoms with E-state index in [2.05, 4.69) is 6.92 Å². The standard InChI is InChI=1S/C16H28O2/c1-13-7-9-14(10-8-13)11-16(17)18-12-15-5-3-2-4-6-15/h13-15H,2-12H2,1H3. The number of carbonyl (C=O) groups is 1. The number of esters is 1. The molecular formula is C16H28O2. The zero-order valence-electron chi connectivity index (χ0n) is 11.8. The average Bonchev–Trinajstić information content (AvgIpc) is 2.40. The molecule has 2 nitrogen and oxygen atoms in total. The van der Waals surface area contributed by atoms with Crippen molar-refractivity contribution in [1.82, 2.24) is 0 Å². The zero-order chi connectivity index (χ0) is 12.8. The maximum Gasteiger partial charge on any atom is 0.306 e. The van der Waals surface area contributed by atoms with Gasteiger partial charge in [-0.15, -0.1) is 0 Å². The summed E-state index contributed by atoms with van der Waals surface area (Å²) >= 11 is 0. The molecule has 0 aromatic rings. The lowest BCUT2D eigenvalue weighted by Gasteiger charge is -2.26. The van der Waals surface area contributed by atoms with Crippen molar-refractivity contribution < 1.29 is 9.53 Å². The van der Waals surface area contributed by atoms with Crippen LogP contribution in [0.3, 0.4) is 0 Å². The molecule has 2 saturated carbocycles. The van der Waals surface area contributed by atoms with Crippen LogP contribution < -0.4 is 0 Å². The summed E-state index contributed by atoms with van der Waals surface area (Å²) in [4.78, 5) is 11.8. The topological polar surface area (TPSA) is 26.3 Å². The molecule has 0 heterocycles. The summed E-state index contributed by atoms with van der Waals surface area (Å²) in [6.45, 7) is 3.00. The Morgan fingerprint density at radius 3 is 2.28 bits per heavy atom. The fourth-order valence-corrected chi connectivity index (χ4v) is 3.39. The molecule has 0 aromatic carbocycles. The Morgan fingerprint density at radius 1 is 0.944 bits per heavy atom. The first-order valence-electron chi connectivity index (χ1n) is 7.89. The quantitative estimate of drug-likeness (QED) is 0.696. The minimum absolute atomic E-state index is 0.0557. The van der Waals surface area contributed by atoms with Crippen LogP contribution in [0.4, 0.5) is 0 Å². The van der Waals surface area contributed by atoms with Crippen LogP contribution in [-0.2, 0) is 9.53 Å². The van der Waals surface area contributed by atoms with Gasteiger partial charge in [-0.25, -0.2) is 0 Å². The van der Waals surface area contributed by atoms with E-state index in [9.17, 15) is 4.79 Å². The first-order valence-corrected chi connectivity index (χ1v) is 7.89. The van der Waals surface area contributed by atoms with Crippen molar-refractivity contribution in [3.05, 3.63) is 0 Å². The van der Waals surface area contributed by atoms with Crippen molar-refractivity contribution in [3.63, 3.8) is 0 Å². The molecule has 2 aliphatic carbocycles. The van der Waals surface area contributed by atoms with E-state index in [4.69, 9.17) is 4.74 Å². The highest BCUT2D eigenvalue weighted by atomic mass is 16.5. The largest absolute Gasteiger partial charge is 0.465 e. The minimum atomic E-state index is 0.0557. The van der Waals surface area contributed by atoms with E-state index in [0.717, 1.165) is 5.92 Å². The van der Waals surface area contributed by atoms with Gasteiger partial charge in [0.05, 0.1) is 6.61 Å². The second-order valence-electron chi connectivity index (χ2n) is 6.52. The molecule has 0 amide bonds. The van der Waals surface area contributed by atoms with Gasteiger partial charge in [-0.2, -0.15) is 0 Å². The number of carbonyl (C=O) groups excluding carboxylic acids is 1. The van der Waals surface area contributed by atoms with Gasteiger partial charge in [0.2, 0.25) is 0 Å².